The van der Waals surface area contributed by atoms with Crippen LogP contribution in [0.5, 0.6) is 0 Å². The average Bonchev–Trinajstić information content (AvgIpc) is 2.14. The Morgan fingerprint density at radius 3 is 2.27 bits per heavy atom. The Kier molecular flexibility index (Phi) is 3.17. The monoisotopic (exact) mass is 228 g/mol. The fourth-order valence-electron chi connectivity index (χ4n) is 0.920. The highest BCUT2D eigenvalue weighted by molar-refractivity contribution is 7.87. The molecule has 0 spiro atoms. The molecule has 1 aromatic rings. The van der Waals surface area contributed by atoms with Crippen LogP contribution in [0.1, 0.15) is 5.56 Å². The molecule has 0 unspecified atom stereocenters. The van der Waals surface area contributed by atoms with Crippen LogP contribution in [0.4, 0.5) is 0 Å². The molecule has 0 aliphatic rings. The summed E-state index contributed by atoms with van der Waals surface area (Å²) in [6.07, 6.45) is 0. The van der Waals surface area contributed by atoms with Crippen LogP contribution in [0.3, 0.4) is 0 Å². The van der Waals surface area contributed by atoms with Crippen LogP contribution in [0.15, 0.2) is 30.3 Å². The van der Waals surface area contributed by atoms with Gasteiger partial charge in [-0.25, -0.2) is 0 Å². The van der Waals surface area contributed by atoms with Crippen LogP contribution in [-0.2, 0) is 10.1 Å². The van der Waals surface area contributed by atoms with Crippen LogP contribution in [-0.4, -0.2) is 17.9 Å². The van der Waals surface area contributed by atoms with Gasteiger partial charge in [-0.2, -0.15) is 8.42 Å². The molecule has 0 aliphatic carbocycles. The third kappa shape index (κ3) is 3.49. The van der Waals surface area contributed by atoms with Gasteiger partial charge in [0.25, 0.3) is 5.70 Å². The summed E-state index contributed by atoms with van der Waals surface area (Å²) < 4.78 is 29.3. The Morgan fingerprint density at radius 2 is 1.87 bits per heavy atom. The summed E-state index contributed by atoms with van der Waals surface area (Å²) in [5, 5.41) is 11.9. The summed E-state index contributed by atoms with van der Waals surface area (Å²) >= 11 is 0. The predicted octanol–water partition coefficient (Wildman–Crippen LogP) is 0.953. The maximum atomic E-state index is 10.5. The Hall–Kier alpha value is -1.73. The van der Waals surface area contributed by atoms with Crippen molar-refractivity contribution in [2.75, 3.05) is 0 Å². The van der Waals surface area contributed by atoms with E-state index in [1.54, 1.807) is 6.07 Å². The van der Waals surface area contributed by atoms with Crippen LogP contribution in [0.25, 0.3) is 5.70 Å². The summed E-state index contributed by atoms with van der Waals surface area (Å²) in [5.41, 5.74) is -0.738. The van der Waals surface area contributed by atoms with Crippen molar-refractivity contribution in [2.24, 2.45) is 0 Å². The van der Waals surface area contributed by atoms with E-state index >= 15 is 0 Å². The highest BCUT2D eigenvalue weighted by Gasteiger charge is 2.18. The van der Waals surface area contributed by atoms with Gasteiger partial charge in [-0.15, -0.1) is 0 Å². The molecule has 6 nitrogen and oxygen atoms in total. The lowest BCUT2D eigenvalue weighted by atomic mass is 10.2. The van der Waals surface area contributed by atoms with E-state index in [4.69, 9.17) is 4.55 Å². The Labute approximate surface area is 85.8 Å². The molecular weight excluding hydrogens is 222 g/mol. The largest absolute Gasteiger partial charge is 0.303 e. The average molecular weight is 228 g/mol. The molecule has 0 aromatic heterocycles. The lowest BCUT2D eigenvalue weighted by Gasteiger charge is -1.96. The molecule has 1 N–H and O–H groups in total. The summed E-state index contributed by atoms with van der Waals surface area (Å²) in [6.45, 7) is 0. The molecule has 0 bridgehead atoms. The molecule has 15 heavy (non-hydrogen) atoms. The molecule has 0 heterocycles. The van der Waals surface area contributed by atoms with Gasteiger partial charge < -0.3 is 0 Å². The number of rotatable bonds is 3. The Balaban J connectivity index is 3.29. The number of hydrogen-bond donors (Lipinski definition) is 1. The van der Waals surface area contributed by atoms with E-state index in [-0.39, 0.29) is 5.56 Å². The number of benzene rings is 1. The summed E-state index contributed by atoms with van der Waals surface area (Å²) in [5.74, 6) is 0. The second kappa shape index (κ2) is 4.20. The van der Waals surface area contributed by atoms with Crippen molar-refractivity contribution in [1.82, 2.24) is 0 Å². The first-order valence-electron chi connectivity index (χ1n) is 3.72. The zero-order valence-corrected chi connectivity index (χ0v) is 8.14. The molecule has 79 valence electrons. The Morgan fingerprint density at radius 1 is 1.33 bits per heavy atom. The molecule has 0 aliphatic heterocycles. The van der Waals surface area contributed by atoms with Crippen LogP contribution >= 0.6 is 0 Å². The highest BCUT2D eigenvalue weighted by atomic mass is 32.2. The van der Waals surface area contributed by atoms with E-state index in [1.165, 1.54) is 29.7 Å². The summed E-state index contributed by atoms with van der Waals surface area (Å²) in [7, 11) is -4.65. The van der Waals surface area contributed by atoms with Gasteiger partial charge in [-0.3, -0.25) is 14.7 Å². The molecule has 0 atom stereocenters. The maximum absolute atomic E-state index is 10.5. The van der Waals surface area contributed by atoms with Gasteiger partial charge in [0.15, 0.2) is 5.41 Å². The molecule has 7 heteroatoms. The first kappa shape index (κ1) is 11.3. The molecule has 0 fully saturated rings. The minimum absolute atomic E-state index is 0.0557. The van der Waals surface area contributed by atoms with Crippen LogP contribution in [0, 0.1) is 15.5 Å². The summed E-state index contributed by atoms with van der Waals surface area (Å²) in [6, 6.07) is 7.32. The van der Waals surface area contributed by atoms with E-state index in [0.717, 1.165) is 0 Å². The lowest BCUT2D eigenvalue weighted by molar-refractivity contribution is -0.375. The fraction of sp³-hybridized carbons (Fsp3) is 0. The predicted molar refractivity (Wildman–Crippen MR) is 51.6 cm³/mol. The zero-order valence-electron chi connectivity index (χ0n) is 7.32. The van der Waals surface area contributed by atoms with Gasteiger partial charge in [-0.1, -0.05) is 18.2 Å². The molecule has 1 radical (unpaired) electrons. The van der Waals surface area contributed by atoms with Crippen molar-refractivity contribution >= 4 is 15.8 Å². The standard InChI is InChI=1S/C8H6NO5S/c10-9(11)8(6-15(12,13)14)7-4-2-1-3-5-7/h1-5H,(H,12,13,14). The van der Waals surface area contributed by atoms with E-state index in [2.05, 4.69) is 0 Å². The van der Waals surface area contributed by atoms with Gasteiger partial charge >= 0.3 is 10.1 Å². The minimum atomic E-state index is -4.65. The van der Waals surface area contributed by atoms with Gasteiger partial charge in [0.2, 0.25) is 0 Å². The van der Waals surface area contributed by atoms with Crippen molar-refractivity contribution < 1.29 is 17.9 Å². The lowest BCUT2D eigenvalue weighted by Crippen LogP contribution is -2.02. The highest BCUT2D eigenvalue weighted by Crippen LogP contribution is 2.14. The number of hydrogen-bond acceptors (Lipinski definition) is 4. The van der Waals surface area contributed by atoms with Crippen LogP contribution < -0.4 is 0 Å². The third-order valence-corrected chi connectivity index (χ3v) is 1.91. The van der Waals surface area contributed by atoms with Gasteiger partial charge in [0.1, 0.15) is 0 Å². The molecule has 1 aromatic carbocycles. The summed E-state index contributed by atoms with van der Waals surface area (Å²) in [4.78, 5) is 9.58. The molecule has 0 saturated heterocycles. The number of nitrogens with zero attached hydrogens (tertiary/aromatic N) is 1. The normalized spacial score (nSPS) is 12.5. The van der Waals surface area contributed by atoms with Crippen molar-refractivity contribution in [2.45, 2.75) is 0 Å². The van der Waals surface area contributed by atoms with Gasteiger partial charge in [0, 0.05) is 0 Å². The molecule has 0 saturated carbocycles. The van der Waals surface area contributed by atoms with Crippen molar-refractivity contribution in [3.8, 4) is 0 Å². The zero-order chi connectivity index (χ0) is 11.5. The third-order valence-electron chi connectivity index (χ3n) is 1.46. The van der Waals surface area contributed by atoms with Crippen molar-refractivity contribution in [3.05, 3.63) is 51.4 Å². The molecular formula is C8H6NO5S. The van der Waals surface area contributed by atoms with Crippen LogP contribution in [0.2, 0.25) is 0 Å². The molecule has 1 rings (SSSR count). The number of nitro groups is 1. The minimum Gasteiger partial charge on any atom is -0.282 e. The fourth-order valence-corrected chi connectivity index (χ4v) is 1.36. The quantitative estimate of drug-likeness (QED) is 0.472. The first-order valence-corrected chi connectivity index (χ1v) is 5.16. The second-order valence-electron chi connectivity index (χ2n) is 2.55. The van der Waals surface area contributed by atoms with Crippen molar-refractivity contribution in [3.63, 3.8) is 0 Å². The van der Waals surface area contributed by atoms with E-state index in [9.17, 15) is 18.5 Å². The van der Waals surface area contributed by atoms with E-state index in [1.807, 2.05) is 0 Å². The van der Waals surface area contributed by atoms with E-state index < -0.39 is 20.7 Å². The first-order chi connectivity index (χ1) is 6.90. The second-order valence-corrected chi connectivity index (χ2v) is 3.70. The molecule has 0 amide bonds. The smallest absolute Gasteiger partial charge is 0.282 e. The van der Waals surface area contributed by atoms with E-state index in [0.29, 0.717) is 0 Å². The van der Waals surface area contributed by atoms with Gasteiger partial charge in [-0.05, 0) is 12.1 Å². The van der Waals surface area contributed by atoms with Crippen molar-refractivity contribution in [1.29, 1.82) is 0 Å². The SMILES string of the molecule is O=[N+]([O-])/C(=[C]/S(=O)(=O)O)c1ccccc1. The Bertz CT molecular complexity index is 491. The topological polar surface area (TPSA) is 97.5 Å². The maximum Gasteiger partial charge on any atom is 0.303 e. The van der Waals surface area contributed by atoms with Gasteiger partial charge in [0.05, 0.1) is 10.5 Å².